The number of unbranched alkanes of at least 4 members (excludes halogenated alkanes) is 1. The minimum atomic E-state index is -3.75. The number of piperidine rings is 1. The fraction of sp³-hybridized carbons (Fsp3) is 0.857. The Bertz CT molecular complexity index is 1410. The maximum absolute atomic E-state index is 14.5. The fourth-order valence-electron chi connectivity index (χ4n) is 8.16. The molecular weight excluding hydrogens is 650 g/mol. The molecule has 0 spiro atoms. The third kappa shape index (κ3) is 7.50. The van der Waals surface area contributed by atoms with Gasteiger partial charge in [0.15, 0.2) is 15.3 Å². The van der Waals surface area contributed by atoms with E-state index in [1.807, 2.05) is 27.7 Å². The molecule has 0 aromatic rings. The summed E-state index contributed by atoms with van der Waals surface area (Å²) >= 11 is 0. The van der Waals surface area contributed by atoms with Crippen molar-refractivity contribution in [3.05, 3.63) is 0 Å². The van der Waals surface area contributed by atoms with E-state index in [0.717, 1.165) is 25.7 Å². The van der Waals surface area contributed by atoms with Crippen LogP contribution in [0.5, 0.6) is 0 Å². The number of hydrogen-bond donors (Lipinski definition) is 4. The van der Waals surface area contributed by atoms with Gasteiger partial charge in [-0.05, 0) is 62.7 Å². The predicted molar refractivity (Wildman–Crippen MR) is 185 cm³/mol. The molecule has 2 heterocycles. The summed E-state index contributed by atoms with van der Waals surface area (Å²) in [5.41, 5.74) is -3.34. The number of fused-ring (bicyclic) bond motifs is 1. The zero-order valence-electron chi connectivity index (χ0n) is 30.9. The fourth-order valence-corrected chi connectivity index (χ4v) is 10.1. The van der Waals surface area contributed by atoms with Crippen molar-refractivity contribution in [1.82, 2.24) is 26.2 Å². The standard InChI is InChI=1S/C35H59N5O8S/c1-10-12-16-22(25(41)28(43)36-11-2)37-27(42)24-23-21(34(23,8)9)19-40(24)29(44)26(32(3,4)5)38-31(45)39-35(17-14-13-15-18-35)30-48-20-33(6,7)49(30,46)47/h21-24,26,30H,10-20H2,1-9H3,(H,36,43)(H,37,42)(H2,38,39,45)/t21-,22-,23-,24-,26+,30+/m0/s1. The van der Waals surface area contributed by atoms with Crippen LogP contribution < -0.4 is 21.3 Å². The van der Waals surface area contributed by atoms with Crippen molar-refractivity contribution < 1.29 is 37.1 Å². The predicted octanol–water partition coefficient (Wildman–Crippen LogP) is 2.82. The van der Waals surface area contributed by atoms with E-state index in [1.54, 1.807) is 20.8 Å². The van der Waals surface area contributed by atoms with Gasteiger partial charge in [0.05, 0.1) is 22.9 Å². The quantitative estimate of drug-likeness (QED) is 0.223. The first-order valence-corrected chi connectivity index (χ1v) is 19.6. The van der Waals surface area contributed by atoms with Gasteiger partial charge in [0.2, 0.25) is 17.6 Å². The van der Waals surface area contributed by atoms with Gasteiger partial charge in [0.25, 0.3) is 5.91 Å². The number of amides is 5. The molecule has 0 bridgehead atoms. The highest BCUT2D eigenvalue weighted by molar-refractivity contribution is 7.93. The molecule has 13 nitrogen and oxygen atoms in total. The van der Waals surface area contributed by atoms with Gasteiger partial charge < -0.3 is 30.9 Å². The SMILES string of the molecule is CCCC[C@H](NC(=O)[C@@H]1[C@@H]2[C@H](CN1C(=O)[C@@H](NC(=O)NC1([C@@H]3OCC(C)(C)S3(=O)=O)CCCCC1)C(C)(C)C)C2(C)C)C(=O)C(=O)NCC. The number of likely N-dealkylation sites (tertiary alicyclic amines) is 1. The number of Topliss-reactive ketones (excluding diaryl/α,β-unsaturated/α-hetero) is 1. The topological polar surface area (TPSA) is 180 Å². The summed E-state index contributed by atoms with van der Waals surface area (Å²) in [5, 5.41) is 11.2. The summed E-state index contributed by atoms with van der Waals surface area (Å²) in [4.78, 5) is 69.4. The van der Waals surface area contributed by atoms with Gasteiger partial charge in [-0.15, -0.1) is 0 Å². The molecule has 2 saturated heterocycles. The van der Waals surface area contributed by atoms with Crippen LogP contribution in [0.15, 0.2) is 0 Å². The summed E-state index contributed by atoms with van der Waals surface area (Å²) in [5.74, 6) is -2.51. The third-order valence-corrected chi connectivity index (χ3v) is 14.2. The van der Waals surface area contributed by atoms with E-state index in [9.17, 15) is 32.4 Å². The Hall–Kier alpha value is -2.74. The van der Waals surface area contributed by atoms with E-state index in [4.69, 9.17) is 4.74 Å². The Labute approximate surface area is 292 Å². The average molecular weight is 710 g/mol. The van der Waals surface area contributed by atoms with Crippen LogP contribution in [-0.4, -0.2) is 96.4 Å². The molecule has 14 heteroatoms. The molecule has 4 fully saturated rings. The van der Waals surface area contributed by atoms with Crippen molar-refractivity contribution in [2.45, 2.75) is 148 Å². The molecule has 0 unspecified atom stereocenters. The first-order chi connectivity index (χ1) is 22.7. The molecule has 2 saturated carbocycles. The van der Waals surface area contributed by atoms with Crippen LogP contribution in [0.2, 0.25) is 0 Å². The van der Waals surface area contributed by atoms with Crippen molar-refractivity contribution in [1.29, 1.82) is 0 Å². The number of nitrogens with zero attached hydrogens (tertiary/aromatic N) is 1. The molecule has 49 heavy (non-hydrogen) atoms. The zero-order chi connectivity index (χ0) is 36.7. The molecule has 6 atom stereocenters. The van der Waals surface area contributed by atoms with Crippen LogP contribution in [0.3, 0.4) is 0 Å². The Morgan fingerprint density at radius 3 is 2.12 bits per heavy atom. The number of urea groups is 1. The number of sulfone groups is 1. The van der Waals surface area contributed by atoms with Crippen LogP contribution in [-0.2, 0) is 33.8 Å². The van der Waals surface area contributed by atoms with Crippen LogP contribution in [0.25, 0.3) is 0 Å². The second-order valence-corrected chi connectivity index (χ2v) is 19.5. The van der Waals surface area contributed by atoms with Crippen molar-refractivity contribution in [2.75, 3.05) is 19.7 Å². The first kappa shape index (κ1) is 39.1. The molecule has 5 amide bonds. The lowest BCUT2D eigenvalue weighted by atomic mass is 9.82. The van der Waals surface area contributed by atoms with E-state index >= 15 is 0 Å². The summed E-state index contributed by atoms with van der Waals surface area (Å²) < 4.78 is 31.9. The number of hydrogen-bond acceptors (Lipinski definition) is 8. The van der Waals surface area contributed by atoms with E-state index < -0.39 is 78.6 Å². The van der Waals surface area contributed by atoms with Crippen molar-refractivity contribution in [3.8, 4) is 0 Å². The van der Waals surface area contributed by atoms with Crippen molar-refractivity contribution in [2.24, 2.45) is 22.7 Å². The highest BCUT2D eigenvalue weighted by atomic mass is 32.2. The summed E-state index contributed by atoms with van der Waals surface area (Å²) in [6.45, 7) is 17.1. The number of ether oxygens (including phenoxy) is 1. The summed E-state index contributed by atoms with van der Waals surface area (Å²) in [7, 11) is -3.75. The summed E-state index contributed by atoms with van der Waals surface area (Å²) in [6.07, 6.45) is 4.89. The normalized spacial score (nSPS) is 28.8. The van der Waals surface area contributed by atoms with Crippen molar-refractivity contribution >= 4 is 39.4 Å². The molecule has 4 aliphatic rings. The van der Waals surface area contributed by atoms with E-state index in [-0.39, 0.29) is 30.4 Å². The number of carbonyl (C=O) groups excluding carboxylic acids is 5. The number of likely N-dealkylation sites (N-methyl/N-ethyl adjacent to an activating group) is 1. The maximum Gasteiger partial charge on any atom is 0.316 e. The van der Waals surface area contributed by atoms with Crippen LogP contribution >= 0.6 is 0 Å². The molecular formula is C35H59N5O8S. The van der Waals surface area contributed by atoms with Gasteiger partial charge >= 0.3 is 6.03 Å². The third-order valence-electron chi connectivity index (χ3n) is 11.4. The number of rotatable bonds is 12. The van der Waals surface area contributed by atoms with E-state index in [2.05, 4.69) is 35.1 Å². The van der Waals surface area contributed by atoms with Gasteiger partial charge in [-0.25, -0.2) is 13.2 Å². The van der Waals surface area contributed by atoms with Crippen LogP contribution in [0, 0.1) is 22.7 Å². The molecule has 278 valence electrons. The van der Waals surface area contributed by atoms with E-state index in [0.29, 0.717) is 32.2 Å². The van der Waals surface area contributed by atoms with Gasteiger partial charge in [-0.3, -0.25) is 19.2 Å². The Kier molecular flexibility index (Phi) is 11.2. The molecule has 0 aromatic carbocycles. The monoisotopic (exact) mass is 709 g/mol. The molecule has 4 rings (SSSR count). The number of nitrogens with one attached hydrogen (secondary N) is 4. The molecule has 0 radical (unpaired) electrons. The first-order valence-electron chi connectivity index (χ1n) is 18.0. The Morgan fingerprint density at radius 1 is 0.959 bits per heavy atom. The van der Waals surface area contributed by atoms with Crippen LogP contribution in [0.4, 0.5) is 4.79 Å². The Morgan fingerprint density at radius 2 is 1.59 bits per heavy atom. The highest BCUT2D eigenvalue weighted by Gasteiger charge is 2.70. The average Bonchev–Trinajstić information content (AvgIpc) is 3.27. The molecule has 2 aliphatic carbocycles. The number of ketones is 1. The van der Waals surface area contributed by atoms with E-state index in [1.165, 1.54) is 4.90 Å². The highest BCUT2D eigenvalue weighted by Crippen LogP contribution is 2.65. The largest absolute Gasteiger partial charge is 0.358 e. The summed E-state index contributed by atoms with van der Waals surface area (Å²) in [6, 6.07) is -3.65. The van der Waals surface area contributed by atoms with Gasteiger partial charge in [-0.2, -0.15) is 0 Å². The lowest BCUT2D eigenvalue weighted by Gasteiger charge is -2.43. The van der Waals surface area contributed by atoms with Crippen molar-refractivity contribution in [3.63, 3.8) is 0 Å². The van der Waals surface area contributed by atoms with Gasteiger partial charge in [0, 0.05) is 13.1 Å². The minimum absolute atomic E-state index is 0.0272. The molecule has 0 aromatic heterocycles. The van der Waals surface area contributed by atoms with Gasteiger partial charge in [0.1, 0.15) is 12.1 Å². The second kappa shape index (κ2) is 14.1. The second-order valence-electron chi connectivity index (χ2n) is 16.9. The smallest absolute Gasteiger partial charge is 0.316 e. The number of carbonyl (C=O) groups is 5. The van der Waals surface area contributed by atoms with Gasteiger partial charge in [-0.1, -0.05) is 73.6 Å². The Balaban J connectivity index is 1.57. The molecule has 2 aliphatic heterocycles. The lowest BCUT2D eigenvalue weighted by molar-refractivity contribution is -0.145. The van der Waals surface area contributed by atoms with Crippen LogP contribution in [0.1, 0.15) is 114 Å². The minimum Gasteiger partial charge on any atom is -0.358 e. The zero-order valence-corrected chi connectivity index (χ0v) is 31.7. The molecule has 4 N–H and O–H groups in total. The lowest BCUT2D eigenvalue weighted by Crippen LogP contribution is -2.65. The maximum atomic E-state index is 14.5.